The van der Waals surface area contributed by atoms with Crippen molar-refractivity contribution in [2.24, 2.45) is 4.99 Å². The zero-order valence-corrected chi connectivity index (χ0v) is 14.7. The largest absolute Gasteiger partial charge is 0.508 e. The molecule has 0 aromatic heterocycles. The van der Waals surface area contributed by atoms with Gasteiger partial charge in [-0.1, -0.05) is 57.9 Å². The number of hydrogen-bond donors (Lipinski definition) is 2. The molecule has 3 heteroatoms. The van der Waals surface area contributed by atoms with E-state index in [4.69, 9.17) is 0 Å². The zero-order valence-electron chi connectivity index (χ0n) is 14.7. The van der Waals surface area contributed by atoms with Crippen LogP contribution in [0, 0.1) is 0 Å². The van der Waals surface area contributed by atoms with Gasteiger partial charge in [0.2, 0.25) is 0 Å². The van der Waals surface area contributed by atoms with Crippen molar-refractivity contribution in [2.75, 3.05) is 6.54 Å². The molecule has 0 saturated heterocycles. The van der Waals surface area contributed by atoms with Crippen LogP contribution in [0.25, 0.3) is 10.8 Å². The summed E-state index contributed by atoms with van der Waals surface area (Å²) >= 11 is 0. The maximum Gasteiger partial charge on any atom is 0.124 e. The van der Waals surface area contributed by atoms with Gasteiger partial charge in [0.05, 0.1) is 0 Å². The summed E-state index contributed by atoms with van der Waals surface area (Å²) in [6.45, 7) is 3.04. The lowest BCUT2D eigenvalue weighted by atomic mass is 10.0. The fraction of sp³-hybridized carbons (Fsp3) is 0.476. The van der Waals surface area contributed by atoms with Gasteiger partial charge in [-0.05, 0) is 41.5 Å². The van der Waals surface area contributed by atoms with E-state index < -0.39 is 0 Å². The summed E-state index contributed by atoms with van der Waals surface area (Å²) < 4.78 is 0. The minimum absolute atomic E-state index is 0.230. The molecule has 3 nitrogen and oxygen atoms in total. The lowest BCUT2D eigenvalue weighted by Gasteiger charge is -2.05. The molecule has 0 aliphatic rings. The van der Waals surface area contributed by atoms with Crippen LogP contribution in [0.2, 0.25) is 0 Å². The highest BCUT2D eigenvalue weighted by Gasteiger charge is 2.05. The summed E-state index contributed by atoms with van der Waals surface area (Å²) in [7, 11) is 0. The molecule has 0 radical (unpaired) electrons. The molecule has 0 aliphatic carbocycles. The van der Waals surface area contributed by atoms with Crippen molar-refractivity contribution in [2.45, 2.75) is 58.3 Å². The summed E-state index contributed by atoms with van der Waals surface area (Å²) in [5.74, 6) is 0.461. The molecule has 0 aliphatic heterocycles. The molecule has 0 atom stereocenters. The maximum atomic E-state index is 10.1. The van der Waals surface area contributed by atoms with Gasteiger partial charge in [0.1, 0.15) is 11.5 Å². The van der Waals surface area contributed by atoms with Gasteiger partial charge in [-0.25, -0.2) is 0 Å². The standard InChI is InChI=1S/C21H29NO2/c1-2-3-4-5-6-7-8-9-14-22-16-20-19-12-11-18(23)15-17(19)10-13-21(20)24/h10-13,15-16,23-24H,2-9,14H2,1H3. The highest BCUT2D eigenvalue weighted by Crippen LogP contribution is 2.28. The fourth-order valence-corrected chi connectivity index (χ4v) is 2.96. The lowest BCUT2D eigenvalue weighted by molar-refractivity contribution is 0.473. The third-order valence-electron chi connectivity index (χ3n) is 4.38. The monoisotopic (exact) mass is 327 g/mol. The average Bonchev–Trinajstić information content (AvgIpc) is 2.58. The van der Waals surface area contributed by atoms with E-state index in [0.29, 0.717) is 0 Å². The average molecular weight is 327 g/mol. The minimum atomic E-state index is 0.230. The Balaban J connectivity index is 1.80. The molecule has 24 heavy (non-hydrogen) atoms. The van der Waals surface area contributed by atoms with Gasteiger partial charge in [-0.2, -0.15) is 0 Å². The number of phenolic OH excluding ortho intramolecular Hbond substituents is 2. The number of hydrogen-bond acceptors (Lipinski definition) is 3. The molecule has 2 rings (SSSR count). The normalized spacial score (nSPS) is 11.5. The van der Waals surface area contributed by atoms with Crippen molar-refractivity contribution < 1.29 is 10.2 Å². The first-order valence-corrected chi connectivity index (χ1v) is 9.17. The van der Waals surface area contributed by atoms with E-state index in [1.54, 1.807) is 30.5 Å². The van der Waals surface area contributed by atoms with Crippen LogP contribution >= 0.6 is 0 Å². The number of fused-ring (bicyclic) bond motifs is 1. The molecule has 0 amide bonds. The number of benzene rings is 2. The quantitative estimate of drug-likeness (QED) is 0.427. The van der Waals surface area contributed by atoms with Gasteiger partial charge in [0.25, 0.3) is 0 Å². The van der Waals surface area contributed by atoms with E-state index in [-0.39, 0.29) is 11.5 Å². The van der Waals surface area contributed by atoms with Gasteiger partial charge < -0.3 is 10.2 Å². The van der Waals surface area contributed by atoms with Crippen LogP contribution in [0.1, 0.15) is 63.9 Å². The summed E-state index contributed by atoms with van der Waals surface area (Å²) in [4.78, 5) is 4.47. The Morgan fingerprint density at radius 2 is 1.58 bits per heavy atom. The molecule has 2 aromatic carbocycles. The van der Waals surface area contributed by atoms with Crippen molar-refractivity contribution >= 4 is 17.0 Å². The highest BCUT2D eigenvalue weighted by atomic mass is 16.3. The SMILES string of the molecule is CCCCCCCCCCN=Cc1c(O)ccc2cc(O)ccc12. The van der Waals surface area contributed by atoms with Crippen molar-refractivity contribution in [3.8, 4) is 11.5 Å². The first-order valence-electron chi connectivity index (χ1n) is 9.17. The van der Waals surface area contributed by atoms with E-state index in [1.807, 2.05) is 6.07 Å². The van der Waals surface area contributed by atoms with Crippen molar-refractivity contribution in [3.05, 3.63) is 35.9 Å². The maximum absolute atomic E-state index is 10.1. The fourth-order valence-electron chi connectivity index (χ4n) is 2.96. The number of unbranched alkanes of at least 4 members (excludes halogenated alkanes) is 7. The van der Waals surface area contributed by atoms with E-state index >= 15 is 0 Å². The molecule has 0 unspecified atom stereocenters. The third-order valence-corrected chi connectivity index (χ3v) is 4.38. The topological polar surface area (TPSA) is 52.8 Å². The van der Waals surface area contributed by atoms with Crippen molar-refractivity contribution in [1.82, 2.24) is 0 Å². The number of nitrogens with zero attached hydrogens (tertiary/aromatic N) is 1. The van der Waals surface area contributed by atoms with Crippen LogP contribution in [0.15, 0.2) is 35.3 Å². The first-order chi connectivity index (χ1) is 11.7. The van der Waals surface area contributed by atoms with Crippen LogP contribution in [0.4, 0.5) is 0 Å². The Hall–Kier alpha value is -2.03. The summed E-state index contributed by atoms with van der Waals surface area (Å²) in [6.07, 6.45) is 12.1. The molecule has 0 spiro atoms. The highest BCUT2D eigenvalue weighted by molar-refractivity contribution is 6.02. The van der Waals surface area contributed by atoms with Gasteiger partial charge >= 0.3 is 0 Å². The van der Waals surface area contributed by atoms with Crippen LogP contribution in [0.5, 0.6) is 11.5 Å². The van der Waals surface area contributed by atoms with E-state index in [1.165, 1.54) is 44.9 Å². The van der Waals surface area contributed by atoms with Crippen LogP contribution in [0.3, 0.4) is 0 Å². The number of aromatic hydroxyl groups is 2. The molecule has 0 bridgehead atoms. The van der Waals surface area contributed by atoms with E-state index in [0.717, 1.165) is 29.3 Å². The summed E-state index contributed by atoms with van der Waals surface area (Å²) in [5.41, 5.74) is 0.729. The van der Waals surface area contributed by atoms with Crippen molar-refractivity contribution in [1.29, 1.82) is 0 Å². The predicted octanol–water partition coefficient (Wildman–Crippen LogP) is 5.81. The minimum Gasteiger partial charge on any atom is -0.508 e. The Morgan fingerprint density at radius 3 is 2.33 bits per heavy atom. The zero-order chi connectivity index (χ0) is 17.2. The van der Waals surface area contributed by atoms with Gasteiger partial charge in [-0.3, -0.25) is 4.99 Å². The molecule has 130 valence electrons. The van der Waals surface area contributed by atoms with Crippen molar-refractivity contribution in [3.63, 3.8) is 0 Å². The lowest BCUT2D eigenvalue weighted by Crippen LogP contribution is -1.89. The van der Waals surface area contributed by atoms with E-state index in [9.17, 15) is 10.2 Å². The van der Waals surface area contributed by atoms with Gasteiger partial charge in [0.15, 0.2) is 0 Å². The van der Waals surface area contributed by atoms with Crippen LogP contribution in [-0.4, -0.2) is 23.0 Å². The van der Waals surface area contributed by atoms with Gasteiger partial charge in [0, 0.05) is 18.3 Å². The van der Waals surface area contributed by atoms with E-state index in [2.05, 4.69) is 11.9 Å². The molecular weight excluding hydrogens is 298 g/mol. The predicted molar refractivity (Wildman–Crippen MR) is 102 cm³/mol. The Kier molecular flexibility index (Phi) is 7.60. The third kappa shape index (κ3) is 5.55. The Morgan fingerprint density at radius 1 is 0.875 bits per heavy atom. The van der Waals surface area contributed by atoms with Gasteiger partial charge in [-0.15, -0.1) is 0 Å². The van der Waals surface area contributed by atoms with Crippen LogP contribution in [-0.2, 0) is 0 Å². The first kappa shape index (κ1) is 18.3. The number of rotatable bonds is 10. The molecule has 0 heterocycles. The van der Waals surface area contributed by atoms with Crippen LogP contribution < -0.4 is 0 Å². The Labute approximate surface area is 145 Å². The molecular formula is C21H29NO2. The molecule has 0 saturated carbocycles. The number of aliphatic imine (C=N–C) groups is 1. The second-order valence-electron chi connectivity index (χ2n) is 6.41. The Bertz CT molecular complexity index is 664. The number of phenols is 2. The summed E-state index contributed by atoms with van der Waals surface area (Å²) in [5, 5.41) is 21.4. The second kappa shape index (κ2) is 9.96. The second-order valence-corrected chi connectivity index (χ2v) is 6.41. The smallest absolute Gasteiger partial charge is 0.124 e. The molecule has 0 fully saturated rings. The molecule has 2 N–H and O–H groups in total. The summed E-state index contributed by atoms with van der Waals surface area (Å²) in [6, 6.07) is 8.62. The molecule has 2 aromatic rings.